The van der Waals surface area contributed by atoms with Gasteiger partial charge >= 0.3 is 0 Å². The van der Waals surface area contributed by atoms with E-state index in [2.05, 4.69) is 10.0 Å². The molecule has 3 aromatic rings. The fourth-order valence-corrected chi connectivity index (χ4v) is 5.06. The van der Waals surface area contributed by atoms with Crippen molar-refractivity contribution in [2.24, 2.45) is 0 Å². The monoisotopic (exact) mass is 478 g/mol. The molecule has 0 aliphatic carbocycles. The first kappa shape index (κ1) is 23.5. The van der Waals surface area contributed by atoms with Gasteiger partial charge in [-0.1, -0.05) is 72.9 Å². The first-order valence-electron chi connectivity index (χ1n) is 10.0. The predicted molar refractivity (Wildman–Crippen MR) is 126 cm³/mol. The molecule has 8 heteroatoms. The number of fused-ring (bicyclic) bond motifs is 1. The molecule has 0 heterocycles. The lowest BCUT2D eigenvalue weighted by molar-refractivity contribution is -0.122. The average Bonchev–Trinajstić information content (AvgIpc) is 2.74. The summed E-state index contributed by atoms with van der Waals surface area (Å²) in [5, 5.41) is 5.65. The van der Waals surface area contributed by atoms with Gasteiger partial charge in [0.05, 0.1) is 4.90 Å². The summed E-state index contributed by atoms with van der Waals surface area (Å²) in [5.74, 6) is -0.365. The number of nitrogens with one attached hydrogen (secondary N) is 2. The molecule has 1 atom stereocenters. The maximum Gasteiger partial charge on any atom is 0.241 e. The normalized spacial score (nSPS) is 12.6. The van der Waals surface area contributed by atoms with Gasteiger partial charge in [0.15, 0.2) is 0 Å². The Morgan fingerprint density at radius 3 is 2.45 bits per heavy atom. The minimum Gasteiger partial charge on any atom is -0.354 e. The van der Waals surface area contributed by atoms with Crippen LogP contribution >= 0.6 is 23.2 Å². The van der Waals surface area contributed by atoms with E-state index in [0.717, 1.165) is 16.3 Å². The summed E-state index contributed by atoms with van der Waals surface area (Å²) in [4.78, 5) is 12.8. The number of carbonyl (C=O) groups is 1. The van der Waals surface area contributed by atoms with Crippen LogP contribution in [-0.4, -0.2) is 26.9 Å². The lowest BCUT2D eigenvalue weighted by atomic mass is 10.1. The third-order valence-electron chi connectivity index (χ3n) is 4.93. The van der Waals surface area contributed by atoms with Crippen LogP contribution in [0.25, 0.3) is 10.8 Å². The zero-order chi connectivity index (χ0) is 22.4. The van der Waals surface area contributed by atoms with Crippen molar-refractivity contribution in [3.05, 3.63) is 76.3 Å². The fourth-order valence-electron chi connectivity index (χ4n) is 3.29. The SMILES string of the molecule is CCCC(NS(=O)(=O)c1ccc2ccccc2c1)C(=O)NCCc1ccc(Cl)cc1Cl. The fraction of sp³-hybridized carbons (Fsp3) is 0.261. The molecule has 0 aliphatic rings. The maximum absolute atomic E-state index is 12.9. The molecule has 0 fully saturated rings. The van der Waals surface area contributed by atoms with Gasteiger partial charge < -0.3 is 5.32 Å². The van der Waals surface area contributed by atoms with Crippen molar-refractivity contribution in [1.82, 2.24) is 10.0 Å². The summed E-state index contributed by atoms with van der Waals surface area (Å²) in [6.45, 7) is 2.23. The van der Waals surface area contributed by atoms with E-state index in [1.54, 1.807) is 30.3 Å². The Bertz CT molecular complexity index is 1180. The van der Waals surface area contributed by atoms with Crippen LogP contribution in [0.3, 0.4) is 0 Å². The van der Waals surface area contributed by atoms with Crippen LogP contribution in [-0.2, 0) is 21.2 Å². The van der Waals surface area contributed by atoms with E-state index >= 15 is 0 Å². The van der Waals surface area contributed by atoms with Gasteiger partial charge in [0.1, 0.15) is 6.04 Å². The number of rotatable bonds is 9. The molecule has 0 saturated heterocycles. The summed E-state index contributed by atoms with van der Waals surface area (Å²) in [5.41, 5.74) is 0.857. The van der Waals surface area contributed by atoms with Gasteiger partial charge in [0, 0.05) is 16.6 Å². The molecule has 5 nitrogen and oxygen atoms in total. The molecule has 164 valence electrons. The van der Waals surface area contributed by atoms with Crippen molar-refractivity contribution < 1.29 is 13.2 Å². The molecule has 0 aliphatic heterocycles. The van der Waals surface area contributed by atoms with Crippen molar-refractivity contribution >= 4 is 49.9 Å². The molecule has 1 unspecified atom stereocenters. The van der Waals surface area contributed by atoms with Crippen molar-refractivity contribution in [3.8, 4) is 0 Å². The summed E-state index contributed by atoms with van der Waals surface area (Å²) >= 11 is 12.1. The first-order chi connectivity index (χ1) is 14.8. The highest BCUT2D eigenvalue weighted by Gasteiger charge is 2.25. The van der Waals surface area contributed by atoms with E-state index in [9.17, 15) is 13.2 Å². The van der Waals surface area contributed by atoms with Crippen molar-refractivity contribution in [3.63, 3.8) is 0 Å². The molecule has 1 amide bonds. The van der Waals surface area contributed by atoms with E-state index in [4.69, 9.17) is 23.2 Å². The van der Waals surface area contributed by atoms with E-state index < -0.39 is 16.1 Å². The summed E-state index contributed by atoms with van der Waals surface area (Å²) in [6.07, 6.45) is 1.56. The number of sulfonamides is 1. The zero-order valence-electron chi connectivity index (χ0n) is 17.1. The van der Waals surface area contributed by atoms with Crippen molar-refractivity contribution in [2.75, 3.05) is 6.54 Å². The third kappa shape index (κ3) is 6.20. The quantitative estimate of drug-likeness (QED) is 0.456. The number of hydrogen-bond donors (Lipinski definition) is 2. The Labute approximate surface area is 192 Å². The summed E-state index contributed by atoms with van der Waals surface area (Å²) in [6, 6.07) is 16.8. The molecule has 3 aromatic carbocycles. The van der Waals surface area contributed by atoms with Crippen LogP contribution in [0.15, 0.2) is 65.6 Å². The van der Waals surface area contributed by atoms with Gasteiger partial charge in [-0.2, -0.15) is 4.72 Å². The Morgan fingerprint density at radius 1 is 1.00 bits per heavy atom. The number of carbonyl (C=O) groups excluding carboxylic acids is 1. The second kappa shape index (κ2) is 10.5. The number of halogens is 2. The molecule has 0 aromatic heterocycles. The Balaban J connectivity index is 1.67. The van der Waals surface area contributed by atoms with Crippen molar-refractivity contribution in [1.29, 1.82) is 0 Å². The number of hydrogen-bond acceptors (Lipinski definition) is 3. The summed E-state index contributed by atoms with van der Waals surface area (Å²) in [7, 11) is -3.85. The van der Waals surface area contributed by atoms with Gasteiger partial charge in [-0.15, -0.1) is 0 Å². The molecule has 0 spiro atoms. The molecular formula is C23H24Cl2N2O3S. The highest BCUT2D eigenvalue weighted by Crippen LogP contribution is 2.21. The van der Waals surface area contributed by atoms with E-state index in [1.165, 1.54) is 0 Å². The standard InChI is InChI=1S/C23H24Cl2N2O3S/c1-2-5-22(23(28)26-13-12-17-8-10-19(24)15-21(17)25)27-31(29,30)20-11-9-16-6-3-4-7-18(16)14-20/h3-4,6-11,14-15,22,27H,2,5,12-13H2,1H3,(H,26,28). The van der Waals surface area contributed by atoms with Crippen LogP contribution in [0.5, 0.6) is 0 Å². The molecule has 0 saturated carbocycles. The molecule has 0 radical (unpaired) electrons. The second-order valence-corrected chi connectivity index (χ2v) is 9.81. The average molecular weight is 479 g/mol. The first-order valence-corrected chi connectivity index (χ1v) is 12.3. The topological polar surface area (TPSA) is 75.3 Å². The Kier molecular flexibility index (Phi) is 7.94. The molecule has 3 rings (SSSR count). The maximum atomic E-state index is 12.9. The lowest BCUT2D eigenvalue weighted by Crippen LogP contribution is -2.47. The smallest absolute Gasteiger partial charge is 0.241 e. The predicted octanol–water partition coefficient (Wildman–Crippen LogP) is 4.95. The highest BCUT2D eigenvalue weighted by atomic mass is 35.5. The Morgan fingerprint density at radius 2 is 1.74 bits per heavy atom. The summed E-state index contributed by atoms with van der Waals surface area (Å²) < 4.78 is 28.4. The van der Waals surface area contributed by atoms with Gasteiger partial charge in [0.2, 0.25) is 15.9 Å². The Hall–Kier alpha value is -2.12. The molecule has 0 bridgehead atoms. The lowest BCUT2D eigenvalue weighted by Gasteiger charge is -2.18. The van der Waals surface area contributed by atoms with Crippen molar-refractivity contribution in [2.45, 2.75) is 37.1 Å². The number of benzene rings is 3. The minimum atomic E-state index is -3.85. The zero-order valence-corrected chi connectivity index (χ0v) is 19.4. The van der Waals surface area contributed by atoms with Gasteiger partial charge in [-0.05, 0) is 53.4 Å². The van der Waals surface area contributed by atoms with Crippen LogP contribution in [0.4, 0.5) is 0 Å². The largest absolute Gasteiger partial charge is 0.354 e. The van der Waals surface area contributed by atoms with Crippen LogP contribution < -0.4 is 10.0 Å². The van der Waals surface area contributed by atoms with Gasteiger partial charge in [-0.25, -0.2) is 8.42 Å². The minimum absolute atomic E-state index is 0.132. The van der Waals surface area contributed by atoms with E-state index in [1.807, 2.05) is 37.3 Å². The second-order valence-electron chi connectivity index (χ2n) is 7.25. The molecule has 31 heavy (non-hydrogen) atoms. The third-order valence-corrected chi connectivity index (χ3v) is 6.99. The van der Waals surface area contributed by atoms with Crippen LogP contribution in [0, 0.1) is 0 Å². The van der Waals surface area contributed by atoms with Crippen LogP contribution in [0.1, 0.15) is 25.3 Å². The highest BCUT2D eigenvalue weighted by molar-refractivity contribution is 7.89. The van der Waals surface area contributed by atoms with Gasteiger partial charge in [-0.3, -0.25) is 4.79 Å². The molecule has 2 N–H and O–H groups in total. The van der Waals surface area contributed by atoms with E-state index in [0.29, 0.717) is 35.9 Å². The van der Waals surface area contributed by atoms with Gasteiger partial charge in [0.25, 0.3) is 0 Å². The molecular weight excluding hydrogens is 455 g/mol. The van der Waals surface area contributed by atoms with E-state index in [-0.39, 0.29) is 10.8 Å². The number of amides is 1. The van der Waals surface area contributed by atoms with Crippen LogP contribution in [0.2, 0.25) is 10.0 Å².